The molecule has 0 aromatic carbocycles. The van der Waals surface area contributed by atoms with Gasteiger partial charge >= 0.3 is 0 Å². The van der Waals surface area contributed by atoms with E-state index in [2.05, 4.69) is 45.0 Å². The molecule has 1 unspecified atom stereocenters. The average molecular weight is 212 g/mol. The Morgan fingerprint density at radius 3 is 2.60 bits per heavy atom. The number of rotatable bonds is 5. The smallest absolute Gasteiger partial charge is 0.0156 e. The van der Waals surface area contributed by atoms with Gasteiger partial charge in [-0.2, -0.15) is 0 Å². The van der Waals surface area contributed by atoms with E-state index in [1.807, 2.05) is 0 Å². The molecule has 1 aliphatic heterocycles. The zero-order valence-corrected chi connectivity index (χ0v) is 11.1. The lowest BCUT2D eigenvalue weighted by atomic mass is 9.96. The van der Waals surface area contributed by atoms with Gasteiger partial charge in [0.1, 0.15) is 0 Å². The van der Waals surface area contributed by atoms with E-state index in [-0.39, 0.29) is 0 Å². The molecule has 90 valence electrons. The van der Waals surface area contributed by atoms with E-state index in [0.29, 0.717) is 5.54 Å². The van der Waals surface area contributed by atoms with Crippen molar-refractivity contribution in [2.45, 2.75) is 46.1 Å². The van der Waals surface area contributed by atoms with Gasteiger partial charge in [-0.1, -0.05) is 13.8 Å². The molecule has 0 bridgehead atoms. The molecule has 0 radical (unpaired) electrons. The predicted molar refractivity (Wildman–Crippen MR) is 67.1 cm³/mol. The molecule has 0 aromatic heterocycles. The summed E-state index contributed by atoms with van der Waals surface area (Å²) < 4.78 is 0. The molecule has 1 fully saturated rings. The van der Waals surface area contributed by atoms with Gasteiger partial charge in [0.15, 0.2) is 0 Å². The molecule has 1 heterocycles. The summed E-state index contributed by atoms with van der Waals surface area (Å²) in [5, 5.41) is 3.31. The highest BCUT2D eigenvalue weighted by Gasteiger charge is 2.37. The summed E-state index contributed by atoms with van der Waals surface area (Å²) in [5.74, 6) is 1.67. The number of likely N-dealkylation sites (tertiary alicyclic amines) is 1. The van der Waals surface area contributed by atoms with Crippen LogP contribution in [0.25, 0.3) is 0 Å². The van der Waals surface area contributed by atoms with E-state index in [9.17, 15) is 0 Å². The maximum absolute atomic E-state index is 3.31. The quantitative estimate of drug-likeness (QED) is 0.752. The fraction of sp³-hybridized carbons (Fsp3) is 1.00. The van der Waals surface area contributed by atoms with Crippen molar-refractivity contribution in [3.05, 3.63) is 0 Å². The zero-order valence-electron chi connectivity index (χ0n) is 11.1. The van der Waals surface area contributed by atoms with Gasteiger partial charge in [-0.05, 0) is 58.7 Å². The van der Waals surface area contributed by atoms with Crippen molar-refractivity contribution in [2.75, 3.05) is 26.7 Å². The van der Waals surface area contributed by atoms with Crippen molar-refractivity contribution in [3.8, 4) is 0 Å². The fourth-order valence-corrected chi connectivity index (χ4v) is 2.69. The van der Waals surface area contributed by atoms with Gasteiger partial charge in [0.05, 0.1) is 0 Å². The third-order valence-corrected chi connectivity index (χ3v) is 3.59. The summed E-state index contributed by atoms with van der Waals surface area (Å²) in [6.45, 7) is 13.1. The van der Waals surface area contributed by atoms with Gasteiger partial charge in [-0.25, -0.2) is 0 Å². The van der Waals surface area contributed by atoms with Gasteiger partial charge < -0.3 is 5.32 Å². The van der Waals surface area contributed by atoms with Crippen LogP contribution in [0.5, 0.6) is 0 Å². The first-order valence-corrected chi connectivity index (χ1v) is 6.35. The molecule has 1 N–H and O–H groups in total. The minimum Gasteiger partial charge on any atom is -0.319 e. The van der Waals surface area contributed by atoms with Crippen LogP contribution < -0.4 is 5.32 Å². The largest absolute Gasteiger partial charge is 0.319 e. The molecule has 2 heteroatoms. The van der Waals surface area contributed by atoms with Crippen molar-refractivity contribution in [2.24, 2.45) is 11.8 Å². The van der Waals surface area contributed by atoms with Crippen molar-refractivity contribution in [1.82, 2.24) is 10.2 Å². The maximum atomic E-state index is 3.31. The fourth-order valence-electron chi connectivity index (χ4n) is 2.69. The van der Waals surface area contributed by atoms with Crippen molar-refractivity contribution in [3.63, 3.8) is 0 Å². The normalized spacial score (nSPS) is 26.4. The third kappa shape index (κ3) is 3.76. The van der Waals surface area contributed by atoms with Gasteiger partial charge in [0.25, 0.3) is 0 Å². The lowest BCUT2D eigenvalue weighted by Gasteiger charge is -2.31. The molecular weight excluding hydrogens is 184 g/mol. The van der Waals surface area contributed by atoms with Gasteiger partial charge in [-0.15, -0.1) is 0 Å². The molecule has 0 spiro atoms. The minimum absolute atomic E-state index is 0.413. The van der Waals surface area contributed by atoms with E-state index in [1.54, 1.807) is 0 Å². The molecule has 15 heavy (non-hydrogen) atoms. The highest BCUT2D eigenvalue weighted by atomic mass is 15.2. The number of nitrogens with one attached hydrogen (secondary N) is 1. The Morgan fingerprint density at radius 1 is 1.40 bits per heavy atom. The summed E-state index contributed by atoms with van der Waals surface area (Å²) >= 11 is 0. The lowest BCUT2D eigenvalue weighted by molar-refractivity contribution is 0.166. The Kier molecular flexibility index (Phi) is 4.60. The summed E-state index contributed by atoms with van der Waals surface area (Å²) in [6.07, 6.45) is 2.67. The van der Waals surface area contributed by atoms with Crippen LogP contribution in [0.1, 0.15) is 40.5 Å². The zero-order chi connectivity index (χ0) is 11.5. The van der Waals surface area contributed by atoms with E-state index in [4.69, 9.17) is 0 Å². The molecule has 0 saturated carbocycles. The van der Waals surface area contributed by atoms with Crippen molar-refractivity contribution in [1.29, 1.82) is 0 Å². The molecule has 1 rings (SSSR count). The van der Waals surface area contributed by atoms with Gasteiger partial charge in [-0.3, -0.25) is 4.90 Å². The van der Waals surface area contributed by atoms with Crippen LogP contribution in [0, 0.1) is 11.8 Å². The Morgan fingerprint density at radius 2 is 2.07 bits per heavy atom. The second-order valence-electron chi connectivity index (χ2n) is 6.07. The Bertz CT molecular complexity index is 187. The number of nitrogens with zero attached hydrogens (tertiary/aromatic N) is 1. The molecule has 1 saturated heterocycles. The standard InChI is InChI=1S/C13H28N2/c1-11(2)6-7-15-10-12(9-14-5)8-13(15,3)4/h11-12,14H,6-10H2,1-5H3. The summed E-state index contributed by atoms with van der Waals surface area (Å²) in [6, 6.07) is 0. The summed E-state index contributed by atoms with van der Waals surface area (Å²) in [5.41, 5.74) is 0.413. The second-order valence-corrected chi connectivity index (χ2v) is 6.07. The monoisotopic (exact) mass is 212 g/mol. The van der Waals surface area contributed by atoms with Crippen LogP contribution in [0.3, 0.4) is 0 Å². The molecular formula is C13H28N2. The lowest BCUT2D eigenvalue weighted by Crippen LogP contribution is -2.39. The molecule has 2 nitrogen and oxygen atoms in total. The van der Waals surface area contributed by atoms with Crippen LogP contribution in [0.4, 0.5) is 0 Å². The van der Waals surface area contributed by atoms with Crippen LogP contribution >= 0.6 is 0 Å². The SMILES string of the molecule is CNCC1CN(CCC(C)C)C(C)(C)C1. The predicted octanol–water partition coefficient (Wildman–Crippen LogP) is 2.35. The third-order valence-electron chi connectivity index (χ3n) is 3.59. The molecule has 1 atom stereocenters. The first kappa shape index (κ1) is 13.0. The van der Waals surface area contributed by atoms with Gasteiger partial charge in [0.2, 0.25) is 0 Å². The summed E-state index contributed by atoms with van der Waals surface area (Å²) in [4.78, 5) is 2.68. The first-order valence-electron chi connectivity index (χ1n) is 6.35. The van der Waals surface area contributed by atoms with E-state index in [1.165, 1.54) is 32.5 Å². The summed E-state index contributed by atoms with van der Waals surface area (Å²) in [7, 11) is 2.06. The Labute approximate surface area is 95.4 Å². The van der Waals surface area contributed by atoms with E-state index >= 15 is 0 Å². The topological polar surface area (TPSA) is 15.3 Å². The molecule has 0 aromatic rings. The number of hydrogen-bond donors (Lipinski definition) is 1. The Balaban J connectivity index is 2.42. The second kappa shape index (κ2) is 5.31. The van der Waals surface area contributed by atoms with E-state index < -0.39 is 0 Å². The highest BCUT2D eigenvalue weighted by molar-refractivity contribution is 4.93. The molecule has 1 aliphatic rings. The van der Waals surface area contributed by atoms with Crippen molar-refractivity contribution < 1.29 is 0 Å². The van der Waals surface area contributed by atoms with Gasteiger partial charge in [0, 0.05) is 12.1 Å². The van der Waals surface area contributed by atoms with Crippen molar-refractivity contribution >= 4 is 0 Å². The minimum atomic E-state index is 0.413. The maximum Gasteiger partial charge on any atom is 0.0156 e. The molecule has 0 aliphatic carbocycles. The highest BCUT2D eigenvalue weighted by Crippen LogP contribution is 2.32. The van der Waals surface area contributed by atoms with Crippen LogP contribution in [-0.4, -0.2) is 37.1 Å². The van der Waals surface area contributed by atoms with Crippen LogP contribution in [0.15, 0.2) is 0 Å². The molecule has 0 amide bonds. The van der Waals surface area contributed by atoms with Crippen LogP contribution in [-0.2, 0) is 0 Å². The van der Waals surface area contributed by atoms with Crippen LogP contribution in [0.2, 0.25) is 0 Å². The number of hydrogen-bond acceptors (Lipinski definition) is 2. The first-order chi connectivity index (χ1) is 6.95. The van der Waals surface area contributed by atoms with E-state index in [0.717, 1.165) is 11.8 Å². The average Bonchev–Trinajstić information content (AvgIpc) is 2.37. The Hall–Kier alpha value is -0.0800.